The number of thiol groups is 1. The molecule has 0 spiro atoms. The summed E-state index contributed by atoms with van der Waals surface area (Å²) in [5, 5.41) is 41.2. The average molecular weight is 1130 g/mol. The number of aliphatic hydroxyl groups excluding tert-OH is 1. The number of carbonyl (C=O) groups excluding carboxylic acids is 9. The molecule has 19 N–H and O–H groups in total. The fraction of sp³-hybridized carbons (Fsp3) is 0.612. The summed E-state index contributed by atoms with van der Waals surface area (Å²) >= 11 is 5.36. The molecule has 434 valence electrons. The number of rotatable bonds is 35. The number of carboxylic acid groups (broad SMARTS) is 1. The van der Waals surface area contributed by atoms with Crippen molar-refractivity contribution in [3.05, 3.63) is 36.0 Å². The summed E-state index contributed by atoms with van der Waals surface area (Å²) in [5.41, 5.74) is 23.4. The molecular weight excluding hydrogens is 1050 g/mol. The van der Waals surface area contributed by atoms with E-state index in [-0.39, 0.29) is 75.8 Å². The number of aliphatic hydroxyl groups is 1. The van der Waals surface area contributed by atoms with Crippen LogP contribution in [0.3, 0.4) is 0 Å². The van der Waals surface area contributed by atoms with Crippen LogP contribution >= 0.6 is 24.4 Å². The largest absolute Gasteiger partial charge is 0.480 e. The maximum Gasteiger partial charge on any atom is 0.327 e. The van der Waals surface area contributed by atoms with Crippen LogP contribution in [-0.2, 0) is 54.4 Å². The van der Waals surface area contributed by atoms with Crippen molar-refractivity contribution in [1.29, 1.82) is 0 Å². The quantitative estimate of drug-likeness (QED) is 0.0136. The van der Waals surface area contributed by atoms with Crippen LogP contribution in [0.4, 0.5) is 0 Å². The highest BCUT2D eigenvalue weighted by Gasteiger charge is 2.37. The van der Waals surface area contributed by atoms with Gasteiger partial charge < -0.3 is 85.6 Å². The van der Waals surface area contributed by atoms with Gasteiger partial charge in [0.05, 0.1) is 19.7 Å². The van der Waals surface area contributed by atoms with Gasteiger partial charge in [0.25, 0.3) is 0 Å². The van der Waals surface area contributed by atoms with E-state index in [1.807, 2.05) is 13.8 Å². The van der Waals surface area contributed by atoms with Crippen LogP contribution in [0.5, 0.6) is 0 Å². The second kappa shape index (κ2) is 34.2. The molecule has 2 aromatic rings. The predicted molar refractivity (Wildman–Crippen MR) is 296 cm³/mol. The van der Waals surface area contributed by atoms with Gasteiger partial charge in [0.1, 0.15) is 48.3 Å². The second-order valence-corrected chi connectivity index (χ2v) is 20.4. The molecule has 29 heteroatoms. The van der Waals surface area contributed by atoms with Crippen LogP contribution in [0.25, 0.3) is 10.9 Å². The van der Waals surface area contributed by atoms with Crippen molar-refractivity contribution in [3.63, 3.8) is 0 Å². The molecule has 8 atom stereocenters. The smallest absolute Gasteiger partial charge is 0.327 e. The van der Waals surface area contributed by atoms with Crippen LogP contribution in [0.1, 0.15) is 77.2 Å². The zero-order valence-corrected chi connectivity index (χ0v) is 46.1. The van der Waals surface area contributed by atoms with Crippen molar-refractivity contribution >= 4 is 100 Å². The highest BCUT2D eigenvalue weighted by atomic mass is 32.2. The molecule has 1 aliphatic heterocycles. The van der Waals surface area contributed by atoms with Gasteiger partial charge >= 0.3 is 5.97 Å². The van der Waals surface area contributed by atoms with Crippen LogP contribution in [0, 0.1) is 5.92 Å². The monoisotopic (exact) mass is 1130 g/mol. The van der Waals surface area contributed by atoms with Crippen LogP contribution in [0.2, 0.25) is 0 Å². The zero-order chi connectivity index (χ0) is 57.9. The van der Waals surface area contributed by atoms with Crippen molar-refractivity contribution in [2.45, 2.75) is 126 Å². The SMILES string of the molecule is CSCC[C@H](NC(=O)CNC(=O)[C@H](CC(C)C)NC(=O)[C@@H]1CCCN1C(=O)CN)C(=O)N[C@@H](Cc1c[nH]c2ccccc12)C(=O)N[C@@H](CO)C(=O)N[C@@H](CCCN=C(N)N)C(=O)N[C@@H](CCCCN)C(=O)N[C@@H](CS)C(=O)O. The number of fused-ring (bicyclic) bond motifs is 1. The van der Waals surface area contributed by atoms with Crippen molar-refractivity contribution in [3.8, 4) is 0 Å². The lowest BCUT2D eigenvalue weighted by atomic mass is 10.0. The van der Waals surface area contributed by atoms with Crippen molar-refractivity contribution in [2.75, 3.05) is 57.1 Å². The van der Waals surface area contributed by atoms with Crippen LogP contribution in [0.15, 0.2) is 35.5 Å². The minimum atomic E-state index is -1.73. The van der Waals surface area contributed by atoms with E-state index in [0.29, 0.717) is 54.4 Å². The van der Waals surface area contributed by atoms with E-state index in [1.165, 1.54) is 16.7 Å². The topological polar surface area (TPSA) is 443 Å². The number of guanidine groups is 1. The van der Waals surface area contributed by atoms with Gasteiger partial charge in [0.2, 0.25) is 53.2 Å². The number of aliphatic carboxylic acids is 1. The highest BCUT2D eigenvalue weighted by Crippen LogP contribution is 2.21. The highest BCUT2D eigenvalue weighted by molar-refractivity contribution is 7.98. The molecule has 1 aromatic heterocycles. The lowest BCUT2D eigenvalue weighted by Crippen LogP contribution is -2.60. The third kappa shape index (κ3) is 21.6. The Kier molecular flexibility index (Phi) is 28.8. The Morgan fingerprint density at radius 2 is 1.36 bits per heavy atom. The number of hydrogen-bond acceptors (Lipinski definition) is 16. The number of hydrogen-bond donors (Lipinski definition) is 16. The number of aliphatic imine (C=N–C) groups is 1. The Hall–Kier alpha value is -6.69. The number of aromatic nitrogens is 1. The first-order chi connectivity index (χ1) is 37.2. The maximum atomic E-state index is 14.4. The van der Waals surface area contributed by atoms with E-state index in [1.54, 1.807) is 36.7 Å². The first kappa shape index (κ1) is 65.6. The van der Waals surface area contributed by atoms with E-state index in [9.17, 15) is 58.2 Å². The minimum absolute atomic E-state index is 0.0198. The van der Waals surface area contributed by atoms with Crippen molar-refractivity contribution < 1.29 is 58.2 Å². The van der Waals surface area contributed by atoms with Crippen LogP contribution < -0.4 is 65.5 Å². The first-order valence-electron chi connectivity index (χ1n) is 25.8. The summed E-state index contributed by atoms with van der Waals surface area (Å²) in [6.07, 6.45) is 5.36. The fourth-order valence-electron chi connectivity index (χ4n) is 8.47. The molecular formula is C49H79N15O12S2. The predicted octanol–water partition coefficient (Wildman–Crippen LogP) is -3.84. The third-order valence-electron chi connectivity index (χ3n) is 12.6. The average Bonchev–Trinajstić information content (AvgIpc) is 4.07. The number of nitrogens with one attached hydrogen (secondary N) is 9. The van der Waals surface area contributed by atoms with Crippen LogP contribution in [-0.4, -0.2) is 191 Å². The number of benzene rings is 1. The van der Waals surface area contributed by atoms with Gasteiger partial charge in [0.15, 0.2) is 5.96 Å². The number of thioether (sulfide) groups is 1. The number of likely N-dealkylation sites (tertiary alicyclic amines) is 1. The van der Waals surface area contributed by atoms with Gasteiger partial charge in [-0.05, 0) is 93.9 Å². The normalized spacial score (nSPS) is 15.8. The first-order valence-corrected chi connectivity index (χ1v) is 27.8. The number of carbonyl (C=O) groups is 10. The Morgan fingerprint density at radius 3 is 1.95 bits per heavy atom. The number of carboxylic acids is 1. The standard InChI is InChI=1S/C49H79N15O12S2/c1-27(2)20-34(61-47(74)38-14-9-18-64(38)40(67)22-51)41(68)56-24-39(66)57-33(15-19-78-3)44(71)60-35(21-28-23-55-30-11-5-4-10-29(28)30)45(72)62-36(25-65)46(73)59-32(13-8-17-54-49(52)53)42(69)58-31(12-6-7-16-50)43(70)63-37(26-77)48(75)76/h4-5,10-11,23,27,31-38,55,65,77H,6-9,12-22,24-26,50-51H2,1-3H3,(H,56,68)(H,57,66)(H,58,69)(H,59,73)(H,60,71)(H,61,74)(H,62,72)(H,63,70)(H,75,76)(H4,52,53,54)/t31-,32-,33-,34-,35-,36-,37-,38-/m0/s1. The molecule has 2 heterocycles. The lowest BCUT2D eigenvalue weighted by molar-refractivity contribution is -0.141. The Balaban J connectivity index is 1.86. The van der Waals surface area contributed by atoms with Crippen molar-refractivity contribution in [1.82, 2.24) is 52.4 Å². The molecule has 0 aliphatic carbocycles. The summed E-state index contributed by atoms with van der Waals surface area (Å²) < 4.78 is 0. The summed E-state index contributed by atoms with van der Waals surface area (Å²) in [5.74, 6) is -8.42. The van der Waals surface area contributed by atoms with Gasteiger partial charge in [-0.25, -0.2) is 4.79 Å². The molecule has 1 aliphatic rings. The van der Waals surface area contributed by atoms with E-state index < -0.39 is 121 Å². The van der Waals surface area contributed by atoms with Gasteiger partial charge in [0, 0.05) is 42.4 Å². The molecule has 27 nitrogen and oxygen atoms in total. The molecule has 1 aromatic carbocycles. The minimum Gasteiger partial charge on any atom is -0.480 e. The molecule has 0 bridgehead atoms. The molecule has 0 radical (unpaired) electrons. The van der Waals surface area contributed by atoms with Gasteiger partial charge in [-0.15, -0.1) is 0 Å². The summed E-state index contributed by atoms with van der Waals surface area (Å²) in [7, 11) is 0. The second-order valence-electron chi connectivity index (χ2n) is 19.1. The van der Waals surface area contributed by atoms with E-state index >= 15 is 0 Å². The van der Waals surface area contributed by atoms with Crippen molar-refractivity contribution in [2.24, 2.45) is 33.8 Å². The number of unbranched alkanes of at least 4 members (excludes halogenated alkanes) is 1. The lowest BCUT2D eigenvalue weighted by Gasteiger charge is -2.27. The molecule has 0 unspecified atom stereocenters. The Labute approximate surface area is 462 Å². The van der Waals surface area contributed by atoms with Gasteiger partial charge in [-0.2, -0.15) is 24.4 Å². The molecule has 9 amide bonds. The number of nitrogens with zero attached hydrogens (tertiary/aromatic N) is 2. The number of aromatic amines is 1. The third-order valence-corrected chi connectivity index (χ3v) is 13.6. The van der Waals surface area contributed by atoms with E-state index in [4.69, 9.17) is 22.9 Å². The summed E-state index contributed by atoms with van der Waals surface area (Å²) in [6, 6.07) is -3.25. The number of amides is 9. The fourth-order valence-corrected chi connectivity index (χ4v) is 9.19. The number of H-pyrrole nitrogens is 1. The summed E-state index contributed by atoms with van der Waals surface area (Å²) in [4.78, 5) is 143. The Morgan fingerprint density at radius 1 is 0.769 bits per heavy atom. The van der Waals surface area contributed by atoms with Gasteiger partial charge in [-0.1, -0.05) is 32.0 Å². The maximum absolute atomic E-state index is 14.4. The molecule has 1 saturated heterocycles. The van der Waals surface area contributed by atoms with Gasteiger partial charge in [-0.3, -0.25) is 48.1 Å². The molecule has 3 rings (SSSR count). The summed E-state index contributed by atoms with van der Waals surface area (Å²) in [6.45, 7) is 2.46. The van der Waals surface area contributed by atoms with E-state index in [0.717, 1.165) is 0 Å². The Bertz CT molecular complexity index is 2390. The number of para-hydroxylation sites is 1. The molecule has 78 heavy (non-hydrogen) atoms. The number of nitrogens with two attached hydrogens (primary N) is 4. The van der Waals surface area contributed by atoms with E-state index in [2.05, 4.69) is 65.1 Å². The zero-order valence-electron chi connectivity index (χ0n) is 44.3. The molecule has 1 fully saturated rings. The molecule has 0 saturated carbocycles.